The third-order valence-corrected chi connectivity index (χ3v) is 10.9. The van der Waals surface area contributed by atoms with E-state index in [9.17, 15) is 0 Å². The van der Waals surface area contributed by atoms with Crippen molar-refractivity contribution in [3.63, 3.8) is 0 Å². The summed E-state index contributed by atoms with van der Waals surface area (Å²) in [6.07, 6.45) is 4.27. The number of hydrogen-bond donors (Lipinski definition) is 2. The fourth-order valence-corrected chi connectivity index (χ4v) is 8.48. The molecule has 0 heterocycles. The van der Waals surface area contributed by atoms with Crippen LogP contribution in [0.25, 0.3) is 81.5 Å². The van der Waals surface area contributed by atoms with Crippen molar-refractivity contribution in [3.8, 4) is 0 Å². The molecule has 246 valence electrons. The van der Waals surface area contributed by atoms with Crippen LogP contribution in [0.5, 0.6) is 0 Å². The zero-order valence-corrected chi connectivity index (χ0v) is 28.6. The Hall–Kier alpha value is -6.32. The minimum absolute atomic E-state index is 0.204. The van der Waals surface area contributed by atoms with Gasteiger partial charge in [-0.2, -0.15) is 0 Å². The lowest BCUT2D eigenvalue weighted by molar-refractivity contribution is 0.511. The molecule has 52 heavy (non-hydrogen) atoms. The molecule has 0 saturated heterocycles. The second kappa shape index (κ2) is 12.5. The molecule has 0 radical (unpaired) electrons. The molecule has 0 aliphatic carbocycles. The Morgan fingerprint density at radius 3 is 1.67 bits per heavy atom. The van der Waals surface area contributed by atoms with Gasteiger partial charge >= 0.3 is 0 Å². The van der Waals surface area contributed by atoms with Gasteiger partial charge in [0.1, 0.15) is 0 Å². The summed E-state index contributed by atoms with van der Waals surface area (Å²) in [7, 11) is 0. The Balaban J connectivity index is 1.25. The molecule has 10 aromatic rings. The first-order valence-corrected chi connectivity index (χ1v) is 18.1. The summed E-state index contributed by atoms with van der Waals surface area (Å²) in [5.74, 6) is 0. The lowest BCUT2D eigenvalue weighted by Gasteiger charge is -2.25. The number of benzene rings is 10. The minimum Gasteiger partial charge on any atom is -0.312 e. The summed E-state index contributed by atoms with van der Waals surface area (Å²) >= 11 is 0. The fourth-order valence-electron chi connectivity index (χ4n) is 8.48. The average Bonchev–Trinajstić information content (AvgIpc) is 3.21. The molecule has 2 unspecified atom stereocenters. The van der Waals surface area contributed by atoms with Crippen molar-refractivity contribution >= 4 is 81.5 Å². The molecule has 0 aromatic heterocycles. The van der Waals surface area contributed by atoms with E-state index in [1.807, 2.05) is 6.07 Å². The highest BCUT2D eigenvalue weighted by Gasteiger charge is 2.20. The van der Waals surface area contributed by atoms with Crippen molar-refractivity contribution in [1.82, 2.24) is 5.32 Å². The van der Waals surface area contributed by atoms with Crippen LogP contribution in [-0.2, 0) is 0 Å². The van der Waals surface area contributed by atoms with E-state index in [1.165, 1.54) is 86.5 Å². The Kier molecular flexibility index (Phi) is 7.31. The molecule has 0 aliphatic heterocycles. The van der Waals surface area contributed by atoms with E-state index in [1.54, 1.807) is 0 Å². The zero-order chi connectivity index (χ0) is 34.6. The molecule has 2 heteroatoms. The van der Waals surface area contributed by atoms with E-state index in [0.29, 0.717) is 0 Å². The first-order chi connectivity index (χ1) is 25.7. The Bertz CT molecular complexity index is 3010. The molecule has 0 amide bonds. The zero-order valence-electron chi connectivity index (χ0n) is 28.6. The maximum absolute atomic E-state index is 7.02. The van der Waals surface area contributed by atoms with Crippen LogP contribution < -0.4 is 11.1 Å². The number of rotatable bonds is 6. The number of fused-ring (bicyclic) bond motifs is 12. The lowest BCUT2D eigenvalue weighted by Crippen LogP contribution is -2.31. The molecule has 0 bridgehead atoms. The smallest absolute Gasteiger partial charge is 0.0817 e. The summed E-state index contributed by atoms with van der Waals surface area (Å²) in [4.78, 5) is 0. The van der Waals surface area contributed by atoms with Crippen molar-refractivity contribution in [3.05, 3.63) is 199 Å². The van der Waals surface area contributed by atoms with E-state index in [-0.39, 0.29) is 12.2 Å². The number of hydrogen-bond acceptors (Lipinski definition) is 2. The fraction of sp³-hybridized carbons (Fsp3) is 0.0400. The van der Waals surface area contributed by atoms with E-state index in [4.69, 9.17) is 5.73 Å². The normalized spacial score (nSPS) is 13.3. The largest absolute Gasteiger partial charge is 0.312 e. The number of nitrogens with two attached hydrogens (primary N) is 1. The molecule has 0 fully saturated rings. The SMILES string of the molecule is NC(NC(/C=C/c1c2ccccc2cc2c1ccc1ccccc12)c1cc2c3ccccc3c3ccccc3c2c2ccccc12)c1ccccc1. The highest BCUT2D eigenvalue weighted by atomic mass is 15.0. The standard InChI is InChI=1S/C50H36N2/c51-50(33-15-2-1-3-16-33)52-48(29-28-41-36-19-7-5-17-34(36)30-45-35-18-6-4-14-32(35)26-27-42(41)45)46-31-47-39-22-9-8-20-37(39)38-21-10-12-24-43(38)49(47)44-25-13-11-23-40(44)46/h1-31,48,50,52H,51H2/b29-28+. The van der Waals surface area contributed by atoms with Gasteiger partial charge in [-0.15, -0.1) is 0 Å². The van der Waals surface area contributed by atoms with Crippen LogP contribution in [0.2, 0.25) is 0 Å². The van der Waals surface area contributed by atoms with Crippen LogP contribution in [0, 0.1) is 0 Å². The molecule has 10 rings (SSSR count). The van der Waals surface area contributed by atoms with Crippen molar-refractivity contribution < 1.29 is 0 Å². The van der Waals surface area contributed by atoms with Crippen LogP contribution >= 0.6 is 0 Å². The highest BCUT2D eigenvalue weighted by molar-refractivity contribution is 6.31. The van der Waals surface area contributed by atoms with Gasteiger partial charge in [-0.25, -0.2) is 0 Å². The van der Waals surface area contributed by atoms with Crippen molar-refractivity contribution in [2.45, 2.75) is 12.2 Å². The van der Waals surface area contributed by atoms with E-state index >= 15 is 0 Å². The van der Waals surface area contributed by atoms with Crippen molar-refractivity contribution in [1.29, 1.82) is 0 Å². The van der Waals surface area contributed by atoms with Crippen molar-refractivity contribution in [2.75, 3.05) is 0 Å². The van der Waals surface area contributed by atoms with Gasteiger partial charge in [0.05, 0.1) is 12.2 Å². The average molecular weight is 665 g/mol. The monoisotopic (exact) mass is 664 g/mol. The molecule has 10 aromatic carbocycles. The summed E-state index contributed by atoms with van der Waals surface area (Å²) in [5, 5.41) is 21.4. The van der Waals surface area contributed by atoms with Gasteiger partial charge in [0.2, 0.25) is 0 Å². The molecule has 0 aliphatic rings. The first-order valence-electron chi connectivity index (χ1n) is 18.1. The first kappa shape index (κ1) is 30.5. The van der Waals surface area contributed by atoms with Gasteiger partial charge in [0.25, 0.3) is 0 Å². The molecule has 3 N–H and O–H groups in total. The third kappa shape index (κ3) is 4.96. The van der Waals surface area contributed by atoms with Crippen LogP contribution in [-0.4, -0.2) is 0 Å². The summed E-state index contributed by atoms with van der Waals surface area (Å²) in [6.45, 7) is 0. The Morgan fingerprint density at radius 2 is 0.942 bits per heavy atom. The van der Waals surface area contributed by atoms with Crippen LogP contribution in [0.4, 0.5) is 0 Å². The predicted molar refractivity (Wildman–Crippen MR) is 224 cm³/mol. The van der Waals surface area contributed by atoms with Crippen LogP contribution in [0.15, 0.2) is 182 Å². The van der Waals surface area contributed by atoms with Crippen molar-refractivity contribution in [2.24, 2.45) is 5.73 Å². The molecule has 0 saturated carbocycles. The quantitative estimate of drug-likeness (QED) is 0.105. The van der Waals surface area contributed by atoms with Gasteiger partial charge in [-0.05, 0) is 104 Å². The van der Waals surface area contributed by atoms with E-state index in [0.717, 1.165) is 5.56 Å². The summed E-state index contributed by atoms with van der Waals surface area (Å²) in [5.41, 5.74) is 10.5. The maximum Gasteiger partial charge on any atom is 0.0817 e. The lowest BCUT2D eigenvalue weighted by atomic mass is 9.87. The molecule has 0 spiro atoms. The highest BCUT2D eigenvalue weighted by Crippen LogP contribution is 2.42. The van der Waals surface area contributed by atoms with Gasteiger partial charge < -0.3 is 5.73 Å². The summed E-state index contributed by atoms with van der Waals surface area (Å²) < 4.78 is 0. The Morgan fingerprint density at radius 1 is 0.404 bits per heavy atom. The number of nitrogens with one attached hydrogen (secondary N) is 1. The van der Waals surface area contributed by atoms with E-state index in [2.05, 4.69) is 187 Å². The molecular formula is C50H36N2. The van der Waals surface area contributed by atoms with Crippen LogP contribution in [0.3, 0.4) is 0 Å². The van der Waals surface area contributed by atoms with Crippen LogP contribution in [0.1, 0.15) is 28.9 Å². The minimum atomic E-state index is -0.383. The second-order valence-electron chi connectivity index (χ2n) is 13.8. The second-order valence-corrected chi connectivity index (χ2v) is 13.8. The Labute approximate surface area is 302 Å². The van der Waals surface area contributed by atoms with Gasteiger partial charge in [0, 0.05) is 0 Å². The maximum atomic E-state index is 7.02. The van der Waals surface area contributed by atoms with E-state index < -0.39 is 0 Å². The molecular weight excluding hydrogens is 629 g/mol. The van der Waals surface area contributed by atoms with Gasteiger partial charge in [-0.1, -0.05) is 176 Å². The molecule has 2 nitrogen and oxygen atoms in total. The van der Waals surface area contributed by atoms with Gasteiger partial charge in [0.15, 0.2) is 0 Å². The predicted octanol–water partition coefficient (Wildman–Crippen LogP) is 12.8. The third-order valence-electron chi connectivity index (χ3n) is 10.9. The topological polar surface area (TPSA) is 38.0 Å². The summed E-state index contributed by atoms with van der Waals surface area (Å²) in [6, 6.07) is 63.3. The molecule has 2 atom stereocenters. The van der Waals surface area contributed by atoms with Gasteiger partial charge in [-0.3, -0.25) is 5.32 Å².